The Bertz CT molecular complexity index is 468. The molecule has 1 N–H and O–H groups in total. The van der Waals surface area contributed by atoms with E-state index in [-0.39, 0.29) is 0 Å². The highest BCUT2D eigenvalue weighted by Crippen LogP contribution is 2.20. The number of likely N-dealkylation sites (tertiary alicyclic amines) is 1. The van der Waals surface area contributed by atoms with Gasteiger partial charge in [-0.05, 0) is 38.5 Å². The molecule has 1 rings (SSSR count). The molecule has 0 amide bonds. The number of hydrogen-bond acceptors (Lipinski definition) is 3. The number of piperidine rings is 1. The van der Waals surface area contributed by atoms with E-state index in [9.17, 15) is 13.2 Å². The van der Waals surface area contributed by atoms with Crippen LogP contribution in [0.25, 0.3) is 0 Å². The lowest BCUT2D eigenvalue weighted by molar-refractivity contribution is -0.931. The Morgan fingerprint density at radius 3 is 1.86 bits per heavy atom. The molecule has 1 heterocycles. The summed E-state index contributed by atoms with van der Waals surface area (Å²) in [4.78, 5) is 1.95. The molecule has 1 fully saturated rings. The summed E-state index contributed by atoms with van der Waals surface area (Å²) in [5, 5.41) is 0. The van der Waals surface area contributed by atoms with Crippen molar-refractivity contribution >= 4 is 10.1 Å². The van der Waals surface area contributed by atoms with Crippen LogP contribution in [0.4, 0.5) is 13.2 Å². The van der Waals surface area contributed by atoms with Gasteiger partial charge in [-0.15, -0.1) is 0 Å². The number of halogens is 3. The summed E-state index contributed by atoms with van der Waals surface area (Å²) < 4.78 is 58.9. The van der Waals surface area contributed by atoms with Crippen molar-refractivity contribution in [3.8, 4) is 0 Å². The van der Waals surface area contributed by atoms with Gasteiger partial charge in [-0.2, -0.15) is 13.2 Å². The Morgan fingerprint density at radius 2 is 1.39 bits per heavy atom. The van der Waals surface area contributed by atoms with Crippen LogP contribution in [0.3, 0.4) is 0 Å². The molecule has 0 spiro atoms. The average Bonchev–Trinajstić information content (AvgIpc) is 2.61. The van der Waals surface area contributed by atoms with E-state index in [0.29, 0.717) is 0 Å². The van der Waals surface area contributed by atoms with Gasteiger partial charge in [0.15, 0.2) is 10.1 Å². The van der Waals surface area contributed by atoms with E-state index >= 15 is 0 Å². The maximum absolute atomic E-state index is 10.7. The summed E-state index contributed by atoms with van der Waals surface area (Å²) in [6.07, 6.45) is 20.5. The molecule has 0 aromatic rings. The largest absolute Gasteiger partial charge is 0.741 e. The lowest BCUT2D eigenvalue weighted by Crippen LogP contribution is -3.16. The molecule has 0 aliphatic carbocycles. The van der Waals surface area contributed by atoms with Crippen LogP contribution < -0.4 is 4.90 Å². The van der Waals surface area contributed by atoms with Gasteiger partial charge in [-0.25, -0.2) is 8.42 Å². The Balaban J connectivity index is 0.000000769. The van der Waals surface area contributed by atoms with E-state index in [1.165, 1.54) is 103 Å². The van der Waals surface area contributed by atoms with Crippen molar-refractivity contribution in [2.45, 2.75) is 115 Å². The molecule has 0 saturated carbocycles. The molecule has 4 nitrogen and oxygen atoms in total. The van der Waals surface area contributed by atoms with E-state index in [2.05, 4.69) is 13.8 Å². The minimum absolute atomic E-state index is 1.00. The summed E-state index contributed by atoms with van der Waals surface area (Å²) in [7, 11) is -6.09. The summed E-state index contributed by atoms with van der Waals surface area (Å²) in [6, 6.07) is 1.00. The van der Waals surface area contributed by atoms with Crippen molar-refractivity contribution in [3.05, 3.63) is 0 Å². The second-order valence-electron chi connectivity index (χ2n) is 7.87. The van der Waals surface area contributed by atoms with Crippen molar-refractivity contribution in [3.63, 3.8) is 0 Å². The molecule has 170 valence electrons. The fraction of sp³-hybridized carbons (Fsp3) is 1.00. The molecule has 2 atom stereocenters. The van der Waals surface area contributed by atoms with Gasteiger partial charge in [0.2, 0.25) is 0 Å². The summed E-state index contributed by atoms with van der Waals surface area (Å²) in [5.74, 6) is 0. The fourth-order valence-corrected chi connectivity index (χ4v) is 3.84. The van der Waals surface area contributed by atoms with E-state index in [0.717, 1.165) is 6.04 Å². The molecule has 0 bridgehead atoms. The van der Waals surface area contributed by atoms with Gasteiger partial charge in [-0.1, -0.05) is 65.2 Å². The SMILES string of the molecule is CCCCCCCCCCC[NH+]1CCCCC1CCC.O=S(=O)([O-])C(F)(F)F. The van der Waals surface area contributed by atoms with Crippen molar-refractivity contribution in [2.75, 3.05) is 13.1 Å². The van der Waals surface area contributed by atoms with Gasteiger partial charge in [0.05, 0.1) is 19.1 Å². The highest BCUT2D eigenvalue weighted by molar-refractivity contribution is 7.86. The normalized spacial score (nSPS) is 20.5. The first kappa shape index (κ1) is 27.7. The van der Waals surface area contributed by atoms with E-state index in [1.807, 2.05) is 4.90 Å². The molecule has 1 saturated heterocycles. The fourth-order valence-electron chi connectivity index (χ4n) is 3.84. The monoisotopic (exact) mass is 431 g/mol. The molecular formula is C20H40F3NO3S. The highest BCUT2D eigenvalue weighted by atomic mass is 32.2. The molecule has 0 radical (unpaired) electrons. The van der Waals surface area contributed by atoms with Crippen molar-refractivity contribution < 1.29 is 31.0 Å². The van der Waals surface area contributed by atoms with Gasteiger partial charge in [0, 0.05) is 0 Å². The molecule has 8 heteroatoms. The Kier molecular flexibility index (Phi) is 15.3. The summed E-state index contributed by atoms with van der Waals surface area (Å²) >= 11 is 0. The standard InChI is InChI=1S/C19H39N.CHF3O3S/c1-3-5-6-7-8-9-10-11-13-17-20-18-14-12-16-19(20)15-4-2;2-1(3,4)8(5,6)7/h19H,3-18H2,1-2H3;(H,5,6,7). The van der Waals surface area contributed by atoms with Crippen LogP contribution in [0, 0.1) is 0 Å². The number of hydrogen-bond donors (Lipinski definition) is 1. The third-order valence-corrected chi connectivity index (χ3v) is 5.97. The van der Waals surface area contributed by atoms with E-state index < -0.39 is 15.6 Å². The smallest absolute Gasteiger partial charge is 0.485 e. The molecule has 0 aromatic heterocycles. The topological polar surface area (TPSA) is 61.6 Å². The van der Waals surface area contributed by atoms with Gasteiger partial charge in [-0.3, -0.25) is 0 Å². The number of unbranched alkanes of at least 4 members (excludes halogenated alkanes) is 8. The van der Waals surface area contributed by atoms with Gasteiger partial charge >= 0.3 is 5.51 Å². The quantitative estimate of drug-likeness (QED) is 0.274. The van der Waals surface area contributed by atoms with Crippen molar-refractivity contribution in [1.29, 1.82) is 0 Å². The third kappa shape index (κ3) is 13.8. The number of rotatable bonds is 12. The highest BCUT2D eigenvalue weighted by Gasteiger charge is 2.36. The first-order chi connectivity index (χ1) is 13.1. The van der Waals surface area contributed by atoms with Crippen LogP contribution in [0.5, 0.6) is 0 Å². The van der Waals surface area contributed by atoms with Crippen LogP contribution in [0.1, 0.15) is 104 Å². The number of quaternary nitrogens is 1. The Hall–Kier alpha value is -0.340. The Morgan fingerprint density at radius 1 is 0.893 bits per heavy atom. The Labute approximate surface area is 170 Å². The number of alkyl halides is 3. The van der Waals surface area contributed by atoms with Crippen molar-refractivity contribution in [2.24, 2.45) is 0 Å². The average molecular weight is 432 g/mol. The zero-order valence-electron chi connectivity index (χ0n) is 17.7. The first-order valence-corrected chi connectivity index (χ1v) is 12.4. The first-order valence-electron chi connectivity index (χ1n) is 11.0. The third-order valence-electron chi connectivity index (χ3n) is 5.40. The lowest BCUT2D eigenvalue weighted by atomic mass is 9.97. The predicted octanol–water partition coefficient (Wildman–Crippen LogP) is 4.81. The zero-order chi connectivity index (χ0) is 21.5. The minimum Gasteiger partial charge on any atom is -0.741 e. The van der Waals surface area contributed by atoms with Crippen LogP contribution in [-0.2, 0) is 10.1 Å². The minimum atomic E-state index is -6.09. The predicted molar refractivity (Wildman–Crippen MR) is 106 cm³/mol. The second-order valence-corrected chi connectivity index (χ2v) is 9.24. The molecule has 28 heavy (non-hydrogen) atoms. The van der Waals surface area contributed by atoms with Crippen LogP contribution in [0.2, 0.25) is 0 Å². The zero-order valence-corrected chi connectivity index (χ0v) is 18.5. The maximum Gasteiger partial charge on any atom is 0.485 e. The van der Waals surface area contributed by atoms with Gasteiger partial charge in [0.1, 0.15) is 0 Å². The molecule has 2 unspecified atom stereocenters. The molecular weight excluding hydrogens is 391 g/mol. The summed E-state index contributed by atoms with van der Waals surface area (Å²) in [6.45, 7) is 7.57. The van der Waals surface area contributed by atoms with Crippen LogP contribution >= 0.6 is 0 Å². The number of nitrogens with one attached hydrogen (secondary N) is 1. The summed E-state index contributed by atoms with van der Waals surface area (Å²) in [5.41, 5.74) is -5.65. The van der Waals surface area contributed by atoms with Crippen LogP contribution in [-0.4, -0.2) is 37.6 Å². The van der Waals surface area contributed by atoms with E-state index in [1.54, 1.807) is 0 Å². The van der Waals surface area contributed by atoms with Gasteiger partial charge < -0.3 is 9.45 Å². The molecule has 1 aliphatic rings. The molecule has 0 aromatic carbocycles. The van der Waals surface area contributed by atoms with Gasteiger partial charge in [0.25, 0.3) is 0 Å². The second kappa shape index (κ2) is 15.5. The lowest BCUT2D eigenvalue weighted by Gasteiger charge is -2.32. The van der Waals surface area contributed by atoms with E-state index in [4.69, 9.17) is 13.0 Å². The van der Waals surface area contributed by atoms with Crippen LogP contribution in [0.15, 0.2) is 0 Å². The molecule has 1 aliphatic heterocycles. The maximum atomic E-state index is 10.7. The van der Waals surface area contributed by atoms with Crippen molar-refractivity contribution in [1.82, 2.24) is 0 Å².